The molecule has 3 nitrogen and oxygen atoms in total. The van der Waals surface area contributed by atoms with Crippen molar-refractivity contribution in [3.05, 3.63) is 16.0 Å². The van der Waals surface area contributed by atoms with E-state index in [1.54, 1.807) is 0 Å². The second-order valence-corrected chi connectivity index (χ2v) is 6.10. The fourth-order valence-corrected chi connectivity index (χ4v) is 2.06. The van der Waals surface area contributed by atoms with Gasteiger partial charge < -0.3 is 4.90 Å². The molecule has 4 heteroatoms. The van der Waals surface area contributed by atoms with Crippen LogP contribution >= 0.6 is 22.6 Å². The first kappa shape index (κ1) is 11.1. The molecule has 1 fully saturated rings. The summed E-state index contributed by atoms with van der Waals surface area (Å²) < 4.78 is 1.09. The monoisotopic (exact) mass is 317 g/mol. The Kier molecular flexibility index (Phi) is 3.13. The third-order valence-corrected chi connectivity index (χ3v) is 3.56. The van der Waals surface area contributed by atoms with E-state index >= 15 is 0 Å². The van der Waals surface area contributed by atoms with Gasteiger partial charge in [-0.1, -0.05) is 13.8 Å². The van der Waals surface area contributed by atoms with Gasteiger partial charge in [0.15, 0.2) is 0 Å². The van der Waals surface area contributed by atoms with Gasteiger partial charge in [0.05, 0.1) is 0 Å². The van der Waals surface area contributed by atoms with Crippen LogP contribution in [0.25, 0.3) is 0 Å². The highest BCUT2D eigenvalue weighted by molar-refractivity contribution is 14.1. The molecule has 0 atom stereocenters. The van der Waals surface area contributed by atoms with Gasteiger partial charge in [-0.3, -0.25) is 0 Å². The molecule has 1 aliphatic heterocycles. The Morgan fingerprint density at radius 2 is 1.73 bits per heavy atom. The van der Waals surface area contributed by atoms with E-state index in [9.17, 15) is 0 Å². The molecule has 1 aliphatic rings. The molecule has 0 radical (unpaired) electrons. The first-order chi connectivity index (χ1) is 7.07. The van der Waals surface area contributed by atoms with Crippen molar-refractivity contribution in [1.82, 2.24) is 9.97 Å². The van der Waals surface area contributed by atoms with Gasteiger partial charge in [-0.05, 0) is 40.8 Å². The molecular formula is C11H16IN3. The molecule has 0 aromatic carbocycles. The highest BCUT2D eigenvalue weighted by atomic mass is 127. The van der Waals surface area contributed by atoms with Crippen molar-refractivity contribution >= 4 is 28.5 Å². The zero-order valence-electron chi connectivity index (χ0n) is 9.20. The van der Waals surface area contributed by atoms with Crippen LogP contribution in [0.15, 0.2) is 12.4 Å². The molecule has 1 aromatic heterocycles. The summed E-state index contributed by atoms with van der Waals surface area (Å²) >= 11 is 2.23. The minimum Gasteiger partial charge on any atom is -0.341 e. The summed E-state index contributed by atoms with van der Waals surface area (Å²) in [6.45, 7) is 6.82. The smallest absolute Gasteiger partial charge is 0.225 e. The first-order valence-corrected chi connectivity index (χ1v) is 6.37. The lowest BCUT2D eigenvalue weighted by Crippen LogP contribution is -2.38. The van der Waals surface area contributed by atoms with Gasteiger partial charge in [-0.2, -0.15) is 0 Å². The third-order valence-electron chi connectivity index (χ3n) is 3.01. The minimum atomic E-state index is 0.486. The summed E-state index contributed by atoms with van der Waals surface area (Å²) in [4.78, 5) is 11.0. The van der Waals surface area contributed by atoms with Crippen LogP contribution in [-0.2, 0) is 0 Å². The molecule has 0 unspecified atom stereocenters. The number of halogens is 1. The lowest BCUT2D eigenvalue weighted by Gasteiger charge is -2.36. The quantitative estimate of drug-likeness (QED) is 0.746. The van der Waals surface area contributed by atoms with Crippen LogP contribution in [0.4, 0.5) is 5.95 Å². The lowest BCUT2D eigenvalue weighted by atomic mass is 9.83. The maximum Gasteiger partial charge on any atom is 0.225 e. The highest BCUT2D eigenvalue weighted by Crippen LogP contribution is 2.30. The molecule has 1 saturated heterocycles. The molecule has 82 valence electrons. The number of anilines is 1. The Hall–Kier alpha value is -0.390. The molecule has 2 rings (SSSR count). The van der Waals surface area contributed by atoms with Crippen LogP contribution in [0, 0.1) is 8.99 Å². The van der Waals surface area contributed by atoms with Gasteiger partial charge in [0.2, 0.25) is 5.95 Å². The molecule has 0 bridgehead atoms. The Bertz CT molecular complexity index is 324. The standard InChI is InChI=1S/C11H16IN3/c1-11(2)3-5-15(6-4-11)10-13-7-9(12)8-14-10/h7-8H,3-6H2,1-2H3. The summed E-state index contributed by atoms with van der Waals surface area (Å²) in [5.74, 6) is 0.880. The van der Waals surface area contributed by atoms with Gasteiger partial charge in [0, 0.05) is 29.1 Å². The van der Waals surface area contributed by atoms with Crippen LogP contribution in [-0.4, -0.2) is 23.1 Å². The SMILES string of the molecule is CC1(C)CCN(c2ncc(I)cn2)CC1. The topological polar surface area (TPSA) is 29.0 Å². The summed E-state index contributed by atoms with van der Waals surface area (Å²) in [7, 11) is 0. The Labute approximate surface area is 104 Å². The zero-order valence-corrected chi connectivity index (χ0v) is 11.4. The van der Waals surface area contributed by atoms with Crippen molar-refractivity contribution in [2.45, 2.75) is 26.7 Å². The van der Waals surface area contributed by atoms with Crippen LogP contribution < -0.4 is 4.90 Å². The number of rotatable bonds is 1. The van der Waals surface area contributed by atoms with Crippen molar-refractivity contribution in [3.63, 3.8) is 0 Å². The Morgan fingerprint density at radius 3 is 2.27 bits per heavy atom. The fraction of sp³-hybridized carbons (Fsp3) is 0.636. The summed E-state index contributed by atoms with van der Waals surface area (Å²) in [5, 5.41) is 0. The first-order valence-electron chi connectivity index (χ1n) is 5.29. The van der Waals surface area contributed by atoms with E-state index in [-0.39, 0.29) is 0 Å². The maximum absolute atomic E-state index is 4.36. The van der Waals surface area contributed by atoms with Crippen molar-refractivity contribution in [2.24, 2.45) is 5.41 Å². The molecule has 0 N–H and O–H groups in total. The van der Waals surface area contributed by atoms with Crippen molar-refractivity contribution in [1.29, 1.82) is 0 Å². The molecular weight excluding hydrogens is 301 g/mol. The van der Waals surface area contributed by atoms with Crippen molar-refractivity contribution in [3.8, 4) is 0 Å². The predicted molar refractivity (Wildman–Crippen MR) is 70.0 cm³/mol. The third kappa shape index (κ3) is 2.80. The van der Waals surface area contributed by atoms with E-state index in [4.69, 9.17) is 0 Å². The highest BCUT2D eigenvalue weighted by Gasteiger charge is 2.26. The molecule has 0 spiro atoms. The Balaban J connectivity index is 2.04. The van der Waals surface area contributed by atoms with E-state index in [1.165, 1.54) is 12.8 Å². The van der Waals surface area contributed by atoms with Crippen molar-refractivity contribution < 1.29 is 0 Å². The van der Waals surface area contributed by atoms with Gasteiger partial charge in [0.25, 0.3) is 0 Å². The van der Waals surface area contributed by atoms with E-state index in [0.29, 0.717) is 5.41 Å². The fourth-order valence-electron chi connectivity index (χ4n) is 1.78. The summed E-state index contributed by atoms with van der Waals surface area (Å²) in [6.07, 6.45) is 6.20. The van der Waals surface area contributed by atoms with Crippen LogP contribution in [0.3, 0.4) is 0 Å². The van der Waals surface area contributed by atoms with Gasteiger partial charge >= 0.3 is 0 Å². The molecule has 0 amide bonds. The zero-order chi connectivity index (χ0) is 10.9. The van der Waals surface area contributed by atoms with E-state index in [1.807, 2.05) is 12.4 Å². The number of hydrogen-bond acceptors (Lipinski definition) is 3. The number of aromatic nitrogens is 2. The second-order valence-electron chi connectivity index (χ2n) is 4.85. The second kappa shape index (κ2) is 4.23. The van der Waals surface area contributed by atoms with Crippen LogP contribution in [0.2, 0.25) is 0 Å². The Morgan fingerprint density at radius 1 is 1.20 bits per heavy atom. The van der Waals surface area contributed by atoms with Gasteiger partial charge in [-0.25, -0.2) is 9.97 Å². The molecule has 15 heavy (non-hydrogen) atoms. The normalized spacial score (nSPS) is 20.3. The van der Waals surface area contributed by atoms with Gasteiger partial charge in [0.1, 0.15) is 0 Å². The molecule has 0 aliphatic carbocycles. The number of nitrogens with zero attached hydrogens (tertiary/aromatic N) is 3. The summed E-state index contributed by atoms with van der Waals surface area (Å²) in [6, 6.07) is 0. The maximum atomic E-state index is 4.36. The van der Waals surface area contributed by atoms with Crippen molar-refractivity contribution in [2.75, 3.05) is 18.0 Å². The molecule has 1 aromatic rings. The average Bonchev–Trinajstić information content (AvgIpc) is 2.20. The van der Waals surface area contributed by atoms with E-state index in [0.717, 1.165) is 22.6 Å². The number of piperidine rings is 1. The van der Waals surface area contributed by atoms with Crippen LogP contribution in [0.5, 0.6) is 0 Å². The van der Waals surface area contributed by atoms with E-state index < -0.39 is 0 Å². The largest absolute Gasteiger partial charge is 0.341 e. The predicted octanol–water partition coefficient (Wildman–Crippen LogP) is 2.71. The minimum absolute atomic E-state index is 0.486. The summed E-state index contributed by atoms with van der Waals surface area (Å²) in [5.41, 5.74) is 0.486. The lowest BCUT2D eigenvalue weighted by molar-refractivity contribution is 0.278. The molecule has 2 heterocycles. The number of hydrogen-bond donors (Lipinski definition) is 0. The van der Waals surface area contributed by atoms with Crippen LogP contribution in [0.1, 0.15) is 26.7 Å². The van der Waals surface area contributed by atoms with E-state index in [2.05, 4.69) is 51.3 Å². The average molecular weight is 317 g/mol. The van der Waals surface area contributed by atoms with Gasteiger partial charge in [-0.15, -0.1) is 0 Å². The molecule has 0 saturated carbocycles.